The molecule has 17 heavy (non-hydrogen) atoms. The van der Waals surface area contributed by atoms with Gasteiger partial charge in [0.2, 0.25) is 5.91 Å². The van der Waals surface area contributed by atoms with E-state index in [9.17, 15) is 4.79 Å². The van der Waals surface area contributed by atoms with E-state index >= 15 is 0 Å². The maximum absolute atomic E-state index is 11.7. The molecule has 0 aromatic heterocycles. The maximum Gasteiger partial charge on any atom is 0.236 e. The summed E-state index contributed by atoms with van der Waals surface area (Å²) in [6.07, 6.45) is 4.72. The summed E-state index contributed by atoms with van der Waals surface area (Å²) in [7, 11) is 1.84. The van der Waals surface area contributed by atoms with Gasteiger partial charge in [0.05, 0.1) is 12.6 Å². The lowest BCUT2D eigenvalue weighted by Gasteiger charge is -2.30. The summed E-state index contributed by atoms with van der Waals surface area (Å²) >= 11 is 0. The molecule has 100 valence electrons. The highest BCUT2D eigenvalue weighted by atomic mass is 16.5. The van der Waals surface area contributed by atoms with E-state index in [1.54, 1.807) is 4.90 Å². The van der Waals surface area contributed by atoms with E-state index in [-0.39, 0.29) is 5.91 Å². The molecule has 2 atom stereocenters. The molecule has 1 fully saturated rings. The Morgan fingerprint density at radius 3 is 2.88 bits per heavy atom. The molecule has 1 N–H and O–H groups in total. The summed E-state index contributed by atoms with van der Waals surface area (Å²) in [4.78, 5) is 13.4. The quantitative estimate of drug-likeness (QED) is 0.765. The number of hydrogen-bond acceptors (Lipinski definition) is 3. The maximum atomic E-state index is 11.7. The van der Waals surface area contributed by atoms with Crippen molar-refractivity contribution in [2.45, 2.75) is 51.7 Å². The fourth-order valence-corrected chi connectivity index (χ4v) is 2.13. The van der Waals surface area contributed by atoms with Crippen LogP contribution in [0.15, 0.2) is 0 Å². The van der Waals surface area contributed by atoms with Crippen LogP contribution in [0, 0.1) is 0 Å². The summed E-state index contributed by atoms with van der Waals surface area (Å²) in [5.41, 5.74) is 0. The first-order chi connectivity index (χ1) is 8.17. The first-order valence-electron chi connectivity index (χ1n) is 6.76. The van der Waals surface area contributed by atoms with Gasteiger partial charge in [-0.25, -0.2) is 0 Å². The van der Waals surface area contributed by atoms with Crippen LogP contribution in [-0.4, -0.2) is 49.7 Å². The summed E-state index contributed by atoms with van der Waals surface area (Å²) < 4.78 is 5.69. The van der Waals surface area contributed by atoms with Crippen LogP contribution in [0.2, 0.25) is 0 Å². The van der Waals surface area contributed by atoms with Crippen molar-refractivity contribution in [1.29, 1.82) is 0 Å². The lowest BCUT2D eigenvalue weighted by Crippen LogP contribution is -2.44. The van der Waals surface area contributed by atoms with Crippen LogP contribution in [0.25, 0.3) is 0 Å². The highest BCUT2D eigenvalue weighted by Crippen LogP contribution is 2.17. The number of nitrogens with one attached hydrogen (secondary N) is 1. The summed E-state index contributed by atoms with van der Waals surface area (Å²) in [5, 5.41) is 3.35. The highest BCUT2D eigenvalue weighted by Gasteiger charge is 2.22. The molecule has 4 heteroatoms. The predicted octanol–water partition coefficient (Wildman–Crippen LogP) is 1.40. The third-order valence-corrected chi connectivity index (χ3v) is 3.42. The van der Waals surface area contributed by atoms with Crippen molar-refractivity contribution < 1.29 is 9.53 Å². The molecule has 0 aliphatic carbocycles. The molecular weight excluding hydrogens is 216 g/mol. The van der Waals surface area contributed by atoms with Gasteiger partial charge in [-0.15, -0.1) is 0 Å². The second-order valence-corrected chi connectivity index (χ2v) is 4.79. The van der Waals surface area contributed by atoms with Crippen molar-refractivity contribution in [3.8, 4) is 0 Å². The van der Waals surface area contributed by atoms with E-state index in [4.69, 9.17) is 4.74 Å². The Morgan fingerprint density at radius 2 is 2.24 bits per heavy atom. The summed E-state index contributed by atoms with van der Waals surface area (Å²) in [6.45, 7) is 6.21. The van der Waals surface area contributed by atoms with Gasteiger partial charge >= 0.3 is 0 Å². The molecule has 0 aromatic carbocycles. The van der Waals surface area contributed by atoms with Crippen molar-refractivity contribution in [3.05, 3.63) is 0 Å². The Labute approximate surface area is 105 Å². The molecule has 0 aromatic rings. The Kier molecular flexibility index (Phi) is 6.52. The average Bonchev–Trinajstić information content (AvgIpc) is 2.36. The number of carbonyl (C=O) groups excluding carboxylic acids is 1. The zero-order valence-electron chi connectivity index (χ0n) is 11.4. The van der Waals surface area contributed by atoms with E-state index in [0.29, 0.717) is 18.7 Å². The van der Waals surface area contributed by atoms with E-state index < -0.39 is 0 Å². The number of amides is 1. The van der Waals surface area contributed by atoms with Crippen molar-refractivity contribution in [1.82, 2.24) is 10.2 Å². The Balaban J connectivity index is 2.24. The first-order valence-corrected chi connectivity index (χ1v) is 6.76. The van der Waals surface area contributed by atoms with Crippen molar-refractivity contribution in [2.24, 2.45) is 0 Å². The number of likely N-dealkylation sites (N-methyl/N-ethyl adjacent to an activating group) is 1. The molecule has 1 amide bonds. The molecular formula is C13H26N2O2. The summed E-state index contributed by atoms with van der Waals surface area (Å²) in [5.74, 6) is 0.172. The van der Waals surface area contributed by atoms with Crippen LogP contribution in [0.5, 0.6) is 0 Å². The zero-order valence-corrected chi connectivity index (χ0v) is 11.4. The molecule has 1 heterocycles. The van der Waals surface area contributed by atoms with Crippen molar-refractivity contribution in [2.75, 3.05) is 26.7 Å². The molecule has 0 radical (unpaired) electrons. The average molecular weight is 242 g/mol. The Morgan fingerprint density at radius 1 is 1.47 bits per heavy atom. The minimum atomic E-state index is 0.172. The van der Waals surface area contributed by atoms with E-state index in [0.717, 1.165) is 38.8 Å². The smallest absolute Gasteiger partial charge is 0.236 e. The lowest BCUT2D eigenvalue weighted by atomic mass is 10.0. The molecule has 1 rings (SSSR count). The summed E-state index contributed by atoms with van der Waals surface area (Å²) in [6, 6.07) is 0.439. The van der Waals surface area contributed by atoms with Gasteiger partial charge in [-0.05, 0) is 26.2 Å². The van der Waals surface area contributed by atoms with Gasteiger partial charge in [0.15, 0.2) is 0 Å². The van der Waals surface area contributed by atoms with Crippen LogP contribution < -0.4 is 5.32 Å². The second-order valence-electron chi connectivity index (χ2n) is 4.79. The predicted molar refractivity (Wildman–Crippen MR) is 69.0 cm³/mol. The second kappa shape index (κ2) is 7.67. The van der Waals surface area contributed by atoms with Gasteiger partial charge in [-0.3, -0.25) is 4.79 Å². The molecule has 2 unspecified atom stereocenters. The van der Waals surface area contributed by atoms with Gasteiger partial charge in [0, 0.05) is 26.2 Å². The molecule has 0 bridgehead atoms. The topological polar surface area (TPSA) is 41.6 Å². The zero-order chi connectivity index (χ0) is 12.7. The molecule has 4 nitrogen and oxygen atoms in total. The lowest BCUT2D eigenvalue weighted by molar-refractivity contribution is -0.129. The standard InChI is InChI=1S/C13H26N2O2/c1-4-6-12-9-11(7-8-17-12)14-10-13(16)15(3)5-2/h11-12,14H,4-10H2,1-3H3. The molecule has 0 spiro atoms. The van der Waals surface area contributed by atoms with E-state index in [1.165, 1.54) is 0 Å². The monoisotopic (exact) mass is 242 g/mol. The largest absolute Gasteiger partial charge is 0.378 e. The third kappa shape index (κ3) is 5.04. The number of hydrogen-bond donors (Lipinski definition) is 1. The van der Waals surface area contributed by atoms with Crippen LogP contribution in [0.1, 0.15) is 39.5 Å². The van der Waals surface area contributed by atoms with E-state index in [2.05, 4.69) is 12.2 Å². The van der Waals surface area contributed by atoms with Crippen LogP contribution in [0.3, 0.4) is 0 Å². The number of ether oxygens (including phenoxy) is 1. The highest BCUT2D eigenvalue weighted by molar-refractivity contribution is 5.77. The van der Waals surface area contributed by atoms with Gasteiger partial charge in [0.25, 0.3) is 0 Å². The van der Waals surface area contributed by atoms with Crippen LogP contribution in [0.4, 0.5) is 0 Å². The molecule has 0 saturated carbocycles. The molecule has 1 aliphatic rings. The van der Waals surface area contributed by atoms with Gasteiger partial charge < -0.3 is 15.0 Å². The SMILES string of the molecule is CCCC1CC(NCC(=O)N(C)CC)CCO1. The third-order valence-electron chi connectivity index (χ3n) is 3.42. The number of carbonyl (C=O) groups is 1. The Hall–Kier alpha value is -0.610. The van der Waals surface area contributed by atoms with Gasteiger partial charge in [0.1, 0.15) is 0 Å². The van der Waals surface area contributed by atoms with E-state index in [1.807, 2.05) is 14.0 Å². The van der Waals surface area contributed by atoms with Crippen molar-refractivity contribution >= 4 is 5.91 Å². The van der Waals surface area contributed by atoms with Crippen LogP contribution >= 0.6 is 0 Å². The van der Waals surface area contributed by atoms with Gasteiger partial charge in [-0.1, -0.05) is 13.3 Å². The first kappa shape index (κ1) is 14.5. The molecule has 1 saturated heterocycles. The minimum absolute atomic E-state index is 0.172. The van der Waals surface area contributed by atoms with Gasteiger partial charge in [-0.2, -0.15) is 0 Å². The molecule has 1 aliphatic heterocycles. The Bertz CT molecular complexity index is 231. The fourth-order valence-electron chi connectivity index (χ4n) is 2.13. The fraction of sp³-hybridized carbons (Fsp3) is 0.923. The minimum Gasteiger partial charge on any atom is -0.378 e. The van der Waals surface area contributed by atoms with Crippen LogP contribution in [-0.2, 0) is 9.53 Å². The normalized spacial score (nSPS) is 24.6. The number of rotatable bonds is 6. The van der Waals surface area contributed by atoms with Crippen molar-refractivity contribution in [3.63, 3.8) is 0 Å². The number of nitrogens with zero attached hydrogens (tertiary/aromatic N) is 1.